The number of aryl methyl sites for hydroxylation is 1. The minimum Gasteiger partial charge on any atom is -0.355 e. The van der Waals surface area contributed by atoms with E-state index in [4.69, 9.17) is 0 Å². The maximum atomic E-state index is 12.8. The summed E-state index contributed by atoms with van der Waals surface area (Å²) in [5.41, 5.74) is 5.83. The summed E-state index contributed by atoms with van der Waals surface area (Å²) < 4.78 is 0. The van der Waals surface area contributed by atoms with Gasteiger partial charge in [0.05, 0.1) is 17.3 Å². The number of benzene rings is 2. The van der Waals surface area contributed by atoms with E-state index in [9.17, 15) is 4.79 Å². The first-order chi connectivity index (χ1) is 12.6. The number of para-hydroxylation sites is 1. The summed E-state index contributed by atoms with van der Waals surface area (Å²) in [6, 6.07) is 17.4. The van der Waals surface area contributed by atoms with Gasteiger partial charge in [0.25, 0.3) is 5.91 Å². The summed E-state index contributed by atoms with van der Waals surface area (Å²) in [7, 11) is 0. The quantitative estimate of drug-likeness (QED) is 0.689. The summed E-state index contributed by atoms with van der Waals surface area (Å²) in [4.78, 5) is 16.8. The number of carbonyl (C=O) groups is 1. The Bertz CT molecular complexity index is 906. The predicted molar refractivity (Wildman–Crippen MR) is 106 cm³/mol. The normalized spacial score (nSPS) is 11.7. The number of amides is 1. The maximum Gasteiger partial charge on any atom is 0.253 e. The number of nitrogens with one attached hydrogen (secondary N) is 2. The van der Waals surface area contributed by atoms with Gasteiger partial charge in [-0.2, -0.15) is 0 Å². The summed E-state index contributed by atoms with van der Waals surface area (Å²) in [6.07, 6.45) is 3.46. The Morgan fingerprint density at radius 2 is 1.62 bits per heavy atom. The fourth-order valence-electron chi connectivity index (χ4n) is 2.83. The predicted octanol–water partition coefficient (Wildman–Crippen LogP) is 4.93. The van der Waals surface area contributed by atoms with Crippen molar-refractivity contribution < 1.29 is 4.79 Å². The molecule has 1 heterocycles. The third-order valence-electron chi connectivity index (χ3n) is 4.60. The number of carbonyl (C=O) groups excluding carboxylic acids is 1. The Balaban J connectivity index is 1.82. The molecule has 0 radical (unpaired) electrons. The minimum absolute atomic E-state index is 0.0979. The Morgan fingerprint density at radius 3 is 2.38 bits per heavy atom. The zero-order valence-corrected chi connectivity index (χ0v) is 15.3. The highest BCUT2D eigenvalue weighted by atomic mass is 16.1. The van der Waals surface area contributed by atoms with Crippen molar-refractivity contribution in [2.75, 3.05) is 5.32 Å². The van der Waals surface area contributed by atoms with Gasteiger partial charge in [-0.25, -0.2) is 0 Å². The van der Waals surface area contributed by atoms with Gasteiger partial charge in [0.15, 0.2) is 0 Å². The molecule has 0 aliphatic heterocycles. The summed E-state index contributed by atoms with van der Waals surface area (Å²) >= 11 is 0. The number of hydrogen-bond donors (Lipinski definition) is 2. The van der Waals surface area contributed by atoms with Crippen molar-refractivity contribution in [3.05, 3.63) is 89.2 Å². The van der Waals surface area contributed by atoms with Crippen molar-refractivity contribution in [2.24, 2.45) is 0 Å². The lowest BCUT2D eigenvalue weighted by molar-refractivity contribution is 0.0940. The third-order valence-corrected chi connectivity index (χ3v) is 4.60. The van der Waals surface area contributed by atoms with Crippen LogP contribution in [0.1, 0.15) is 40.0 Å². The fraction of sp³-hybridized carbons (Fsp3) is 0.182. The molecule has 0 aliphatic rings. The lowest BCUT2D eigenvalue weighted by Gasteiger charge is -2.17. The van der Waals surface area contributed by atoms with E-state index in [1.807, 2.05) is 55.5 Å². The molecule has 0 bridgehead atoms. The Hall–Kier alpha value is -3.14. The van der Waals surface area contributed by atoms with Gasteiger partial charge in [0, 0.05) is 18.1 Å². The molecule has 4 heteroatoms. The van der Waals surface area contributed by atoms with Gasteiger partial charge in [-0.1, -0.05) is 24.3 Å². The van der Waals surface area contributed by atoms with E-state index in [2.05, 4.69) is 35.5 Å². The van der Waals surface area contributed by atoms with Gasteiger partial charge >= 0.3 is 0 Å². The first kappa shape index (κ1) is 17.7. The van der Waals surface area contributed by atoms with Crippen LogP contribution < -0.4 is 10.6 Å². The molecule has 2 N–H and O–H groups in total. The topological polar surface area (TPSA) is 54.0 Å². The van der Waals surface area contributed by atoms with Crippen molar-refractivity contribution in [1.82, 2.24) is 10.3 Å². The highest BCUT2D eigenvalue weighted by Gasteiger charge is 2.15. The van der Waals surface area contributed by atoms with E-state index in [0.29, 0.717) is 5.56 Å². The van der Waals surface area contributed by atoms with Crippen molar-refractivity contribution in [3.8, 4) is 0 Å². The van der Waals surface area contributed by atoms with Gasteiger partial charge < -0.3 is 10.6 Å². The van der Waals surface area contributed by atoms with E-state index in [1.54, 1.807) is 12.4 Å². The molecule has 3 rings (SSSR count). The molecule has 1 unspecified atom stereocenters. The Kier molecular flexibility index (Phi) is 5.32. The van der Waals surface area contributed by atoms with E-state index in [-0.39, 0.29) is 11.9 Å². The van der Waals surface area contributed by atoms with Gasteiger partial charge in [0.2, 0.25) is 0 Å². The molecule has 1 amide bonds. The summed E-state index contributed by atoms with van der Waals surface area (Å²) in [6.45, 7) is 6.12. The molecule has 132 valence electrons. The largest absolute Gasteiger partial charge is 0.355 e. The van der Waals surface area contributed by atoms with Gasteiger partial charge in [-0.15, -0.1) is 0 Å². The second-order valence-electron chi connectivity index (χ2n) is 6.39. The second-order valence-corrected chi connectivity index (χ2v) is 6.39. The van der Waals surface area contributed by atoms with Crippen LogP contribution in [-0.4, -0.2) is 10.9 Å². The smallest absolute Gasteiger partial charge is 0.253 e. The first-order valence-electron chi connectivity index (χ1n) is 8.69. The SMILES string of the molecule is Cc1cccc(Nc2ccccc2C(=O)NC(C)c2ccncc2)c1C. The van der Waals surface area contributed by atoms with E-state index < -0.39 is 0 Å². The van der Waals surface area contributed by atoms with Crippen LogP contribution in [0.2, 0.25) is 0 Å². The molecule has 3 aromatic rings. The first-order valence-corrected chi connectivity index (χ1v) is 8.69. The van der Waals surface area contributed by atoms with Crippen LogP contribution in [0.15, 0.2) is 67.0 Å². The molecule has 0 fully saturated rings. The number of hydrogen-bond acceptors (Lipinski definition) is 3. The van der Waals surface area contributed by atoms with Crippen molar-refractivity contribution in [2.45, 2.75) is 26.8 Å². The van der Waals surface area contributed by atoms with Crippen molar-refractivity contribution >= 4 is 17.3 Å². The molecule has 0 spiro atoms. The lowest BCUT2D eigenvalue weighted by Crippen LogP contribution is -2.27. The van der Waals surface area contributed by atoms with Gasteiger partial charge in [-0.3, -0.25) is 9.78 Å². The molecule has 0 aliphatic carbocycles. The summed E-state index contributed by atoms with van der Waals surface area (Å²) in [5.74, 6) is -0.109. The number of rotatable bonds is 5. The van der Waals surface area contributed by atoms with Gasteiger partial charge in [-0.05, 0) is 67.8 Å². The van der Waals surface area contributed by atoms with Crippen LogP contribution in [-0.2, 0) is 0 Å². The minimum atomic E-state index is -0.109. The molecular weight excluding hydrogens is 322 g/mol. The lowest BCUT2D eigenvalue weighted by atomic mass is 10.1. The van der Waals surface area contributed by atoms with Crippen LogP contribution in [0.4, 0.5) is 11.4 Å². The average Bonchev–Trinajstić information content (AvgIpc) is 2.66. The van der Waals surface area contributed by atoms with Crippen LogP contribution in [0.25, 0.3) is 0 Å². The zero-order valence-electron chi connectivity index (χ0n) is 15.3. The van der Waals surface area contributed by atoms with Gasteiger partial charge in [0.1, 0.15) is 0 Å². The van der Waals surface area contributed by atoms with Crippen LogP contribution in [0.5, 0.6) is 0 Å². The van der Waals surface area contributed by atoms with E-state index >= 15 is 0 Å². The number of pyridine rings is 1. The maximum absolute atomic E-state index is 12.8. The molecule has 0 saturated heterocycles. The van der Waals surface area contributed by atoms with Crippen LogP contribution >= 0.6 is 0 Å². The third kappa shape index (κ3) is 3.91. The van der Waals surface area contributed by atoms with Crippen molar-refractivity contribution in [1.29, 1.82) is 0 Å². The van der Waals surface area contributed by atoms with E-state index in [0.717, 1.165) is 16.9 Å². The van der Waals surface area contributed by atoms with E-state index in [1.165, 1.54) is 11.1 Å². The molecule has 0 saturated carbocycles. The highest BCUT2D eigenvalue weighted by molar-refractivity contribution is 6.00. The standard InChI is InChI=1S/C22H23N3O/c1-15-7-6-10-20(16(15)2)25-21-9-5-4-8-19(21)22(26)24-17(3)18-11-13-23-14-12-18/h4-14,17,25H,1-3H3,(H,24,26). The molecule has 2 aromatic carbocycles. The number of aromatic nitrogens is 1. The Morgan fingerprint density at radius 1 is 0.923 bits per heavy atom. The van der Waals surface area contributed by atoms with Crippen LogP contribution in [0.3, 0.4) is 0 Å². The molecule has 1 aromatic heterocycles. The molecule has 26 heavy (non-hydrogen) atoms. The molecule has 1 atom stereocenters. The average molecular weight is 345 g/mol. The zero-order chi connectivity index (χ0) is 18.5. The van der Waals surface area contributed by atoms with Crippen LogP contribution in [0, 0.1) is 13.8 Å². The highest BCUT2D eigenvalue weighted by Crippen LogP contribution is 2.25. The van der Waals surface area contributed by atoms with Crippen molar-refractivity contribution in [3.63, 3.8) is 0 Å². The fourth-order valence-corrected chi connectivity index (χ4v) is 2.83. The number of anilines is 2. The molecular formula is C22H23N3O. The number of nitrogens with zero attached hydrogens (tertiary/aromatic N) is 1. The Labute approximate surface area is 154 Å². The monoisotopic (exact) mass is 345 g/mol. The summed E-state index contributed by atoms with van der Waals surface area (Å²) in [5, 5.41) is 6.46. The second kappa shape index (κ2) is 7.83. The molecule has 4 nitrogen and oxygen atoms in total.